The molecule has 1 saturated heterocycles. The van der Waals surface area contributed by atoms with Gasteiger partial charge < -0.3 is 40.3 Å². The topological polar surface area (TPSA) is 212 Å². The first-order chi connectivity index (χ1) is 24.9. The standard InChI is InChI=1S/C38H73NO12S/c1-3-5-7-9-11-13-15-17-19-21-23-25-27-32(42)37(45)39-30(31(41)26-24-22-20-18-16-14-12-10-8-6-4-2)29-49-38-35(44)36(51-52(46,47)48)34(43)33(28-40)50-38/h17,19,30-36,38,40-44H,3-16,18,20-29H2,1-2H3,(H,39,45)(H,46,47,48)/b19-17-. The predicted octanol–water partition coefficient (Wildman–Crippen LogP) is 5.40. The summed E-state index contributed by atoms with van der Waals surface area (Å²) in [5.41, 5.74) is 0. The quantitative estimate of drug-likeness (QED) is 0.0254. The maximum absolute atomic E-state index is 13.0. The molecule has 0 aliphatic carbocycles. The van der Waals surface area contributed by atoms with E-state index in [0.29, 0.717) is 19.3 Å². The van der Waals surface area contributed by atoms with Gasteiger partial charge in [0.1, 0.15) is 30.5 Å². The van der Waals surface area contributed by atoms with Gasteiger partial charge in [-0.25, -0.2) is 4.18 Å². The van der Waals surface area contributed by atoms with Crippen molar-refractivity contribution in [3.05, 3.63) is 12.2 Å². The molecule has 0 saturated carbocycles. The summed E-state index contributed by atoms with van der Waals surface area (Å²) in [5, 5.41) is 55.0. The Labute approximate surface area is 313 Å². The van der Waals surface area contributed by atoms with Gasteiger partial charge in [-0.15, -0.1) is 0 Å². The molecule has 52 heavy (non-hydrogen) atoms. The Balaban J connectivity index is 2.68. The van der Waals surface area contributed by atoms with Crippen molar-refractivity contribution in [3.8, 4) is 0 Å². The number of aliphatic hydroxyl groups excluding tert-OH is 5. The lowest BCUT2D eigenvalue weighted by atomic mass is 9.99. The maximum atomic E-state index is 13.0. The Morgan fingerprint density at radius 1 is 0.750 bits per heavy atom. The van der Waals surface area contributed by atoms with E-state index in [4.69, 9.17) is 14.0 Å². The van der Waals surface area contributed by atoms with Crippen molar-refractivity contribution in [3.63, 3.8) is 0 Å². The van der Waals surface area contributed by atoms with Gasteiger partial charge in [-0.1, -0.05) is 135 Å². The van der Waals surface area contributed by atoms with Gasteiger partial charge in [-0.05, 0) is 38.5 Å². The fraction of sp³-hybridized carbons (Fsp3) is 0.921. The van der Waals surface area contributed by atoms with Crippen LogP contribution in [0.3, 0.4) is 0 Å². The number of unbranched alkanes of at least 4 members (excludes halogenated alkanes) is 18. The van der Waals surface area contributed by atoms with Gasteiger partial charge in [0.05, 0.1) is 25.4 Å². The fourth-order valence-corrected chi connectivity index (χ4v) is 6.91. The van der Waals surface area contributed by atoms with E-state index in [1.165, 1.54) is 83.5 Å². The van der Waals surface area contributed by atoms with Crippen LogP contribution in [0.1, 0.15) is 162 Å². The van der Waals surface area contributed by atoms with Crippen LogP contribution in [0.15, 0.2) is 12.2 Å². The lowest BCUT2D eigenvalue weighted by Crippen LogP contribution is -2.61. The van der Waals surface area contributed by atoms with Crippen LogP contribution in [0.4, 0.5) is 0 Å². The first-order valence-electron chi connectivity index (χ1n) is 20.2. The van der Waals surface area contributed by atoms with Gasteiger partial charge in [-0.3, -0.25) is 9.35 Å². The first-order valence-corrected chi connectivity index (χ1v) is 21.5. The SMILES string of the molecule is CCCCCCCC/C=C\CCCCC(O)C(=O)NC(COC1OC(CO)C(O)C(OS(=O)(=O)O)C1O)C(O)CCCCCCCCCCCCC. The molecule has 13 nitrogen and oxygen atoms in total. The van der Waals surface area contributed by atoms with Crippen LogP contribution in [0.25, 0.3) is 0 Å². The van der Waals surface area contributed by atoms with E-state index < -0.39 is 78.5 Å². The third-order valence-corrected chi connectivity index (χ3v) is 10.1. The molecule has 1 heterocycles. The fourth-order valence-electron chi connectivity index (χ4n) is 6.40. The van der Waals surface area contributed by atoms with Gasteiger partial charge in [-0.2, -0.15) is 8.42 Å². The minimum absolute atomic E-state index is 0.231. The average Bonchev–Trinajstić information content (AvgIpc) is 3.11. The highest BCUT2D eigenvalue weighted by Crippen LogP contribution is 2.26. The van der Waals surface area contributed by atoms with E-state index in [0.717, 1.165) is 38.5 Å². The van der Waals surface area contributed by atoms with Crippen LogP contribution in [0, 0.1) is 0 Å². The summed E-state index contributed by atoms with van der Waals surface area (Å²) in [4.78, 5) is 13.0. The number of ether oxygens (including phenoxy) is 2. The number of amides is 1. The monoisotopic (exact) mass is 767 g/mol. The number of rotatable bonds is 33. The van der Waals surface area contributed by atoms with Crippen molar-refractivity contribution in [2.75, 3.05) is 13.2 Å². The number of carbonyl (C=O) groups is 1. The van der Waals surface area contributed by atoms with Crippen molar-refractivity contribution in [1.29, 1.82) is 0 Å². The Bertz CT molecular complexity index is 1020. The minimum Gasteiger partial charge on any atom is -0.394 e. The number of hydrogen-bond acceptors (Lipinski definition) is 11. The van der Waals surface area contributed by atoms with Crippen molar-refractivity contribution in [2.24, 2.45) is 0 Å². The second-order valence-corrected chi connectivity index (χ2v) is 15.4. The first kappa shape index (κ1) is 48.8. The zero-order chi connectivity index (χ0) is 38.6. The molecular weight excluding hydrogens is 694 g/mol. The van der Waals surface area contributed by atoms with Gasteiger partial charge in [0.25, 0.3) is 0 Å². The molecule has 8 unspecified atom stereocenters. The molecule has 1 amide bonds. The van der Waals surface area contributed by atoms with Gasteiger partial charge in [0.15, 0.2) is 6.29 Å². The molecule has 308 valence electrons. The Morgan fingerprint density at radius 2 is 1.23 bits per heavy atom. The predicted molar refractivity (Wildman–Crippen MR) is 201 cm³/mol. The number of aliphatic hydroxyl groups is 5. The van der Waals surface area contributed by atoms with Gasteiger partial charge in [0, 0.05) is 0 Å². The molecule has 0 spiro atoms. The lowest BCUT2D eigenvalue weighted by molar-refractivity contribution is -0.298. The maximum Gasteiger partial charge on any atom is 0.397 e. The molecule has 1 rings (SSSR count). The molecule has 0 radical (unpaired) electrons. The molecule has 14 heteroatoms. The second kappa shape index (κ2) is 30.1. The highest BCUT2D eigenvalue weighted by atomic mass is 32.3. The summed E-state index contributed by atoms with van der Waals surface area (Å²) in [7, 11) is -5.10. The highest BCUT2D eigenvalue weighted by Gasteiger charge is 2.48. The molecule has 7 N–H and O–H groups in total. The third-order valence-electron chi connectivity index (χ3n) is 9.68. The van der Waals surface area contributed by atoms with Crippen LogP contribution >= 0.6 is 0 Å². The van der Waals surface area contributed by atoms with Crippen molar-refractivity contribution < 1.29 is 57.0 Å². The molecule has 1 fully saturated rings. The van der Waals surface area contributed by atoms with E-state index in [1.54, 1.807) is 0 Å². The zero-order valence-electron chi connectivity index (χ0n) is 32.0. The normalized spacial score (nSPS) is 22.8. The summed E-state index contributed by atoms with van der Waals surface area (Å²) in [6.45, 7) is 3.21. The Morgan fingerprint density at radius 3 is 1.75 bits per heavy atom. The average molecular weight is 768 g/mol. The van der Waals surface area contributed by atoms with E-state index >= 15 is 0 Å². The largest absolute Gasteiger partial charge is 0.397 e. The van der Waals surface area contributed by atoms with Crippen molar-refractivity contribution in [2.45, 2.75) is 210 Å². The van der Waals surface area contributed by atoms with E-state index in [9.17, 15) is 38.7 Å². The number of carbonyl (C=O) groups excluding carboxylic acids is 1. The molecule has 1 aliphatic rings. The summed E-state index contributed by atoms with van der Waals surface area (Å²) in [6.07, 6.45) is 17.1. The van der Waals surface area contributed by atoms with E-state index in [2.05, 4.69) is 35.5 Å². The molecule has 0 aromatic heterocycles. The highest BCUT2D eigenvalue weighted by molar-refractivity contribution is 7.80. The van der Waals surface area contributed by atoms with Gasteiger partial charge >= 0.3 is 10.4 Å². The molecule has 0 bridgehead atoms. The summed E-state index contributed by atoms with van der Waals surface area (Å²) in [5.74, 6) is -0.688. The summed E-state index contributed by atoms with van der Waals surface area (Å²) in [6, 6.07) is -1.04. The van der Waals surface area contributed by atoms with Crippen molar-refractivity contribution >= 4 is 16.3 Å². The van der Waals surface area contributed by atoms with Crippen LogP contribution in [0.5, 0.6) is 0 Å². The van der Waals surface area contributed by atoms with Gasteiger partial charge in [0.2, 0.25) is 5.91 Å². The van der Waals surface area contributed by atoms with E-state index in [-0.39, 0.29) is 6.42 Å². The molecule has 0 aromatic rings. The van der Waals surface area contributed by atoms with Crippen LogP contribution in [-0.2, 0) is 28.9 Å². The summed E-state index contributed by atoms with van der Waals surface area (Å²) >= 11 is 0. The molecular formula is C38H73NO12S. The summed E-state index contributed by atoms with van der Waals surface area (Å²) < 4.78 is 47.3. The van der Waals surface area contributed by atoms with Crippen molar-refractivity contribution in [1.82, 2.24) is 5.32 Å². The minimum atomic E-state index is -5.10. The van der Waals surface area contributed by atoms with E-state index in [1.807, 2.05) is 0 Å². The number of hydrogen-bond donors (Lipinski definition) is 7. The second-order valence-electron chi connectivity index (χ2n) is 14.4. The third kappa shape index (κ3) is 22.9. The Kier molecular flexibility index (Phi) is 28.2. The zero-order valence-corrected chi connectivity index (χ0v) is 32.8. The molecule has 0 aromatic carbocycles. The van der Waals surface area contributed by atoms with Crippen LogP contribution < -0.4 is 5.32 Å². The smallest absolute Gasteiger partial charge is 0.394 e. The van der Waals surface area contributed by atoms with Crippen LogP contribution in [0.2, 0.25) is 0 Å². The number of allylic oxidation sites excluding steroid dienone is 2. The molecule has 8 atom stereocenters. The number of nitrogens with one attached hydrogen (secondary N) is 1. The lowest BCUT2D eigenvalue weighted by Gasteiger charge is -2.41. The van der Waals surface area contributed by atoms with Crippen LogP contribution in [-0.4, -0.2) is 107 Å². The Hall–Kier alpha value is -1.20. The molecule has 1 aliphatic heterocycles.